The van der Waals surface area contributed by atoms with E-state index < -0.39 is 0 Å². The summed E-state index contributed by atoms with van der Waals surface area (Å²) in [5.74, 6) is 1.57. The van der Waals surface area contributed by atoms with Crippen LogP contribution in [0.1, 0.15) is 44.6 Å². The summed E-state index contributed by atoms with van der Waals surface area (Å²) in [6.45, 7) is 11.0. The summed E-state index contributed by atoms with van der Waals surface area (Å²) in [7, 11) is 1.95. The molecule has 0 saturated heterocycles. The van der Waals surface area contributed by atoms with E-state index in [1.54, 1.807) is 24.7 Å². The summed E-state index contributed by atoms with van der Waals surface area (Å²) < 4.78 is 5.88. The fraction of sp³-hybridized carbons (Fsp3) is 0.400. The summed E-state index contributed by atoms with van der Waals surface area (Å²) in [6.07, 6.45) is 3.42. The molecule has 26 heavy (non-hydrogen) atoms. The van der Waals surface area contributed by atoms with Crippen LogP contribution in [0.2, 0.25) is 0 Å². The van der Waals surface area contributed by atoms with Gasteiger partial charge in [-0.2, -0.15) is 10.2 Å². The van der Waals surface area contributed by atoms with E-state index in [9.17, 15) is 5.26 Å². The largest absolute Gasteiger partial charge is 0.438 e. The molecule has 0 amide bonds. The van der Waals surface area contributed by atoms with Gasteiger partial charge in [-0.1, -0.05) is 20.8 Å². The molecule has 0 fully saturated rings. The van der Waals surface area contributed by atoms with Gasteiger partial charge in [0.1, 0.15) is 17.6 Å². The molecule has 0 aliphatic rings. The van der Waals surface area contributed by atoms with Crippen LogP contribution in [-0.4, -0.2) is 34.8 Å². The first-order chi connectivity index (χ1) is 12.2. The van der Waals surface area contributed by atoms with Crippen LogP contribution in [-0.2, 0) is 5.41 Å². The third-order valence-electron chi connectivity index (χ3n) is 3.83. The molecule has 0 saturated carbocycles. The normalized spacial score (nSPS) is 11.4. The number of aromatic nitrogens is 2. The van der Waals surface area contributed by atoms with Gasteiger partial charge in [0, 0.05) is 31.3 Å². The smallest absolute Gasteiger partial charge is 0.222 e. The van der Waals surface area contributed by atoms with Gasteiger partial charge in [-0.3, -0.25) is 0 Å². The van der Waals surface area contributed by atoms with Gasteiger partial charge in [-0.25, -0.2) is 9.98 Å². The Bertz CT molecular complexity index is 846. The molecule has 1 aromatic heterocycles. The van der Waals surface area contributed by atoms with Gasteiger partial charge in [0.05, 0.1) is 17.6 Å². The highest BCUT2D eigenvalue weighted by molar-refractivity contribution is 5.66. The van der Waals surface area contributed by atoms with Crippen molar-refractivity contribution in [2.45, 2.75) is 40.0 Å². The van der Waals surface area contributed by atoms with Gasteiger partial charge in [-0.15, -0.1) is 0 Å². The van der Waals surface area contributed by atoms with Crippen molar-refractivity contribution in [3.8, 4) is 17.7 Å². The number of nitrogens with zero attached hydrogens (tertiary/aromatic N) is 5. The number of aryl methyl sites for hydroxylation is 1. The maximum Gasteiger partial charge on any atom is 0.222 e. The van der Waals surface area contributed by atoms with E-state index in [0.29, 0.717) is 23.0 Å². The summed E-state index contributed by atoms with van der Waals surface area (Å²) in [5.41, 5.74) is 1.90. The van der Waals surface area contributed by atoms with Crippen LogP contribution in [0.15, 0.2) is 29.4 Å². The molecule has 0 radical (unpaired) electrons. The lowest BCUT2D eigenvalue weighted by Crippen LogP contribution is -2.15. The summed E-state index contributed by atoms with van der Waals surface area (Å²) in [5, 5.41) is 9.49. The van der Waals surface area contributed by atoms with Crippen LogP contribution in [0, 0.1) is 18.3 Å². The predicted octanol–water partition coefficient (Wildman–Crippen LogP) is 4.36. The van der Waals surface area contributed by atoms with Crippen molar-refractivity contribution in [1.29, 1.82) is 5.26 Å². The molecule has 0 bridgehead atoms. The fourth-order valence-corrected chi connectivity index (χ4v) is 2.10. The lowest BCUT2D eigenvalue weighted by molar-refractivity contribution is 0.444. The molecule has 136 valence electrons. The van der Waals surface area contributed by atoms with Crippen molar-refractivity contribution in [3.63, 3.8) is 0 Å². The van der Waals surface area contributed by atoms with E-state index in [2.05, 4.69) is 21.0 Å². The Labute approximate surface area is 155 Å². The zero-order chi connectivity index (χ0) is 19.3. The summed E-state index contributed by atoms with van der Waals surface area (Å²) in [6, 6.07) is 7.41. The van der Waals surface area contributed by atoms with Gasteiger partial charge >= 0.3 is 0 Å². The van der Waals surface area contributed by atoms with E-state index in [-0.39, 0.29) is 5.41 Å². The number of hydrogen-bond acceptors (Lipinski definition) is 5. The van der Waals surface area contributed by atoms with E-state index >= 15 is 0 Å². The maximum atomic E-state index is 9.49. The molecule has 0 atom stereocenters. The van der Waals surface area contributed by atoms with Crippen LogP contribution >= 0.6 is 0 Å². The van der Waals surface area contributed by atoms with Crippen molar-refractivity contribution in [3.05, 3.63) is 41.3 Å². The lowest BCUT2D eigenvalue weighted by atomic mass is 9.96. The average molecular weight is 351 g/mol. The number of nitriles is 1. The Balaban J connectivity index is 2.35. The lowest BCUT2D eigenvalue weighted by Gasteiger charge is -2.17. The van der Waals surface area contributed by atoms with E-state index in [4.69, 9.17) is 4.74 Å². The minimum absolute atomic E-state index is 0.183. The quantitative estimate of drug-likeness (QED) is 0.591. The fourth-order valence-electron chi connectivity index (χ4n) is 2.10. The van der Waals surface area contributed by atoms with Gasteiger partial charge < -0.3 is 9.64 Å². The number of rotatable bonds is 5. The predicted molar refractivity (Wildman–Crippen MR) is 103 cm³/mol. The van der Waals surface area contributed by atoms with E-state index in [1.165, 1.54) is 0 Å². The number of ether oxygens (including phenoxy) is 1. The highest BCUT2D eigenvalue weighted by Crippen LogP contribution is 2.31. The molecule has 0 unspecified atom stereocenters. The van der Waals surface area contributed by atoms with Crippen molar-refractivity contribution >= 4 is 12.0 Å². The molecule has 0 aliphatic carbocycles. The molecule has 0 N–H and O–H groups in total. The molecular formula is C20H25N5O. The topological polar surface area (TPSA) is 74.4 Å². The van der Waals surface area contributed by atoms with Gasteiger partial charge in [-0.05, 0) is 31.5 Å². The zero-order valence-electron chi connectivity index (χ0n) is 16.2. The molecule has 6 nitrogen and oxygen atoms in total. The molecule has 1 aromatic carbocycles. The Hall–Kier alpha value is -2.94. The Morgan fingerprint density at radius 3 is 2.69 bits per heavy atom. The van der Waals surface area contributed by atoms with Crippen LogP contribution in [0.25, 0.3) is 0 Å². The van der Waals surface area contributed by atoms with Crippen LogP contribution in [0.4, 0.5) is 5.69 Å². The minimum Gasteiger partial charge on any atom is -0.438 e. The second kappa shape index (κ2) is 7.96. The SMILES string of the molecule is CCN(C)/C=N/c1cc(C#N)c(Oc2ccnc(C(C)(C)C)n2)cc1C. The monoisotopic (exact) mass is 351 g/mol. The van der Waals surface area contributed by atoms with Crippen LogP contribution < -0.4 is 4.74 Å². The van der Waals surface area contributed by atoms with Gasteiger partial charge in [0.15, 0.2) is 0 Å². The second-order valence-electron chi connectivity index (χ2n) is 7.14. The summed E-state index contributed by atoms with van der Waals surface area (Å²) in [4.78, 5) is 15.2. The molecule has 2 aromatic rings. The highest BCUT2D eigenvalue weighted by atomic mass is 16.5. The zero-order valence-corrected chi connectivity index (χ0v) is 16.2. The number of hydrogen-bond donors (Lipinski definition) is 0. The minimum atomic E-state index is -0.183. The van der Waals surface area contributed by atoms with Crippen molar-refractivity contribution in [1.82, 2.24) is 14.9 Å². The van der Waals surface area contributed by atoms with Gasteiger partial charge in [0.25, 0.3) is 0 Å². The third-order valence-corrected chi connectivity index (χ3v) is 3.83. The van der Waals surface area contributed by atoms with Crippen molar-refractivity contribution in [2.24, 2.45) is 4.99 Å². The molecule has 2 rings (SSSR count). The standard InChI is InChI=1S/C20H25N5O/c1-7-25(6)13-23-16-11-15(12-21)17(10-14(16)2)26-18-8-9-22-19(24-18)20(3,4)5/h8-11,13H,7H2,1-6H3/b23-13+. The Morgan fingerprint density at radius 2 is 2.08 bits per heavy atom. The van der Waals surface area contributed by atoms with Crippen LogP contribution in [0.3, 0.4) is 0 Å². The molecule has 0 aliphatic heterocycles. The Kier molecular flexibility index (Phi) is 5.93. The highest BCUT2D eigenvalue weighted by Gasteiger charge is 2.18. The molecule has 0 spiro atoms. The van der Waals surface area contributed by atoms with Crippen molar-refractivity contribution < 1.29 is 4.74 Å². The van der Waals surface area contributed by atoms with E-state index in [0.717, 1.165) is 17.8 Å². The van der Waals surface area contributed by atoms with E-state index in [1.807, 2.05) is 52.6 Å². The first kappa shape index (κ1) is 19.4. The van der Waals surface area contributed by atoms with Crippen molar-refractivity contribution in [2.75, 3.05) is 13.6 Å². The summed E-state index contributed by atoms with van der Waals surface area (Å²) >= 11 is 0. The maximum absolute atomic E-state index is 9.49. The Morgan fingerprint density at radius 1 is 1.35 bits per heavy atom. The number of aliphatic imine (C=N–C) groups is 1. The van der Waals surface area contributed by atoms with Gasteiger partial charge in [0.2, 0.25) is 5.88 Å². The molecule has 6 heteroatoms. The van der Waals surface area contributed by atoms with Crippen LogP contribution in [0.5, 0.6) is 11.6 Å². The third kappa shape index (κ3) is 4.79. The molecule has 1 heterocycles. The average Bonchev–Trinajstić information content (AvgIpc) is 2.60. The first-order valence-electron chi connectivity index (χ1n) is 8.55. The number of benzene rings is 1. The molecular weight excluding hydrogens is 326 g/mol. The first-order valence-corrected chi connectivity index (χ1v) is 8.55. The second-order valence-corrected chi connectivity index (χ2v) is 7.14.